The fourth-order valence-corrected chi connectivity index (χ4v) is 5.00. The number of hydrogen-bond acceptors (Lipinski definition) is 6. The van der Waals surface area contributed by atoms with Crippen molar-refractivity contribution in [3.8, 4) is 34.1 Å². The lowest BCUT2D eigenvalue weighted by Crippen LogP contribution is -2.38. The van der Waals surface area contributed by atoms with E-state index in [-0.39, 0.29) is 17.2 Å². The fourth-order valence-electron chi connectivity index (χ4n) is 4.65. The molecule has 0 fully saturated rings. The predicted octanol–water partition coefficient (Wildman–Crippen LogP) is 5.27. The second-order valence-corrected chi connectivity index (χ2v) is 8.98. The zero-order chi connectivity index (χ0) is 26.2. The van der Waals surface area contributed by atoms with Gasteiger partial charge in [0.15, 0.2) is 17.2 Å². The Morgan fingerprint density at radius 2 is 1.72 bits per heavy atom. The molecule has 196 valence electrons. The van der Waals surface area contributed by atoms with E-state index in [1.165, 1.54) is 27.4 Å². The lowest BCUT2D eigenvalue weighted by Gasteiger charge is -2.21. The molecule has 36 heavy (non-hydrogen) atoms. The van der Waals surface area contributed by atoms with Gasteiger partial charge in [-0.05, 0) is 48.1 Å². The van der Waals surface area contributed by atoms with Crippen LogP contribution < -0.4 is 35.0 Å². The number of nitrogens with one attached hydrogen (secondary N) is 2. The minimum absolute atomic E-state index is 0.189. The molecule has 0 saturated carbocycles. The summed E-state index contributed by atoms with van der Waals surface area (Å²) >= 11 is 6.82. The van der Waals surface area contributed by atoms with Crippen molar-refractivity contribution in [1.29, 1.82) is 0 Å². The average Bonchev–Trinajstić information content (AvgIpc) is 3.12. The van der Waals surface area contributed by atoms with Crippen LogP contribution in [-0.2, 0) is 6.42 Å². The van der Waals surface area contributed by atoms with Gasteiger partial charge in [0, 0.05) is 12.1 Å². The topological polar surface area (TPSA) is 95.1 Å². The van der Waals surface area contributed by atoms with Crippen LogP contribution in [0.3, 0.4) is 0 Å². The average molecular weight is 519 g/mol. The van der Waals surface area contributed by atoms with Crippen LogP contribution in [0.1, 0.15) is 56.2 Å². The van der Waals surface area contributed by atoms with Gasteiger partial charge in [0.05, 0.1) is 39.5 Å². The molecule has 0 aromatic heterocycles. The van der Waals surface area contributed by atoms with E-state index in [2.05, 4.69) is 17.6 Å². The van der Waals surface area contributed by atoms with Crippen molar-refractivity contribution in [2.24, 2.45) is 0 Å². The Balaban J connectivity index is 2.14. The Labute approximate surface area is 217 Å². The number of methoxy groups -OCH3 is 4. The number of halogens is 1. The Morgan fingerprint density at radius 1 is 1.00 bits per heavy atom. The zero-order valence-electron chi connectivity index (χ0n) is 21.6. The van der Waals surface area contributed by atoms with Gasteiger partial charge in [0.25, 0.3) is 0 Å². The van der Waals surface area contributed by atoms with E-state index in [1.807, 2.05) is 0 Å². The molecule has 1 aliphatic carbocycles. The second kappa shape index (κ2) is 12.7. The summed E-state index contributed by atoms with van der Waals surface area (Å²) < 4.78 is 22.3. The summed E-state index contributed by atoms with van der Waals surface area (Å²) in [5.41, 5.74) is 2.52. The maximum atomic E-state index is 12.9. The third-order valence-electron chi connectivity index (χ3n) is 6.43. The molecule has 2 amide bonds. The fraction of sp³-hybridized carbons (Fsp3) is 0.481. The van der Waals surface area contributed by atoms with Gasteiger partial charge in [-0.1, -0.05) is 43.9 Å². The quantitative estimate of drug-likeness (QED) is 0.416. The Hall–Kier alpha value is -3.13. The maximum absolute atomic E-state index is 12.9. The third kappa shape index (κ3) is 5.64. The smallest absolute Gasteiger partial charge is 0.315 e. The van der Waals surface area contributed by atoms with Gasteiger partial charge in [0.2, 0.25) is 11.2 Å². The molecule has 0 bridgehead atoms. The highest BCUT2D eigenvalue weighted by molar-refractivity contribution is 6.34. The van der Waals surface area contributed by atoms with Gasteiger partial charge in [-0.25, -0.2) is 4.79 Å². The number of benzene rings is 1. The summed E-state index contributed by atoms with van der Waals surface area (Å²) in [6, 6.07) is 4.19. The zero-order valence-corrected chi connectivity index (χ0v) is 22.3. The van der Waals surface area contributed by atoms with E-state index >= 15 is 0 Å². The first-order chi connectivity index (χ1) is 17.4. The van der Waals surface area contributed by atoms with Crippen LogP contribution in [0.4, 0.5) is 4.79 Å². The molecule has 0 unspecified atom stereocenters. The van der Waals surface area contributed by atoms with Crippen LogP contribution in [0.25, 0.3) is 11.1 Å². The van der Waals surface area contributed by atoms with Gasteiger partial charge in [0.1, 0.15) is 0 Å². The normalized spacial score (nSPS) is 14.1. The van der Waals surface area contributed by atoms with Crippen LogP contribution in [-0.4, -0.2) is 41.0 Å². The molecule has 0 aliphatic heterocycles. The van der Waals surface area contributed by atoms with Gasteiger partial charge in [-0.2, -0.15) is 0 Å². The second-order valence-electron chi connectivity index (χ2n) is 8.60. The summed E-state index contributed by atoms with van der Waals surface area (Å²) in [6.45, 7) is 2.73. The van der Waals surface area contributed by atoms with Crippen LogP contribution in [0.5, 0.6) is 23.0 Å². The van der Waals surface area contributed by atoms with E-state index in [9.17, 15) is 9.59 Å². The van der Waals surface area contributed by atoms with Crippen LogP contribution >= 0.6 is 11.6 Å². The Morgan fingerprint density at radius 3 is 2.36 bits per heavy atom. The van der Waals surface area contributed by atoms with E-state index in [4.69, 9.17) is 30.5 Å². The molecule has 1 atom stereocenters. The first-order valence-electron chi connectivity index (χ1n) is 12.2. The standard InChI is InChI=1S/C27H35ClN2O6/c1-6-7-8-9-14-29-27(32)30-19-12-10-17-22(16-11-13-21(33-2)20(31)15-18(16)19)24(34-3)26(36-5)25(35-4)23(17)28/h11,13,15,19H,6-10,12,14H2,1-5H3,(H2,29,30,32)/t19-/m0/s1. The molecule has 0 heterocycles. The van der Waals surface area contributed by atoms with Crippen molar-refractivity contribution in [1.82, 2.24) is 10.6 Å². The van der Waals surface area contributed by atoms with Crippen molar-refractivity contribution < 1.29 is 23.7 Å². The van der Waals surface area contributed by atoms with Crippen molar-refractivity contribution in [3.63, 3.8) is 0 Å². The predicted molar refractivity (Wildman–Crippen MR) is 141 cm³/mol. The number of carbonyl (C=O) groups excluding carboxylic acids is 1. The third-order valence-corrected chi connectivity index (χ3v) is 6.83. The van der Waals surface area contributed by atoms with Gasteiger partial charge in [-0.3, -0.25) is 4.79 Å². The number of fused-ring (bicyclic) bond motifs is 3. The number of carbonyl (C=O) groups is 1. The summed E-state index contributed by atoms with van der Waals surface area (Å²) in [7, 11) is 6.02. The molecular formula is C27H35ClN2O6. The summed E-state index contributed by atoms with van der Waals surface area (Å²) in [4.78, 5) is 25.7. The maximum Gasteiger partial charge on any atom is 0.315 e. The van der Waals surface area contributed by atoms with Gasteiger partial charge >= 0.3 is 6.03 Å². The molecular weight excluding hydrogens is 484 g/mol. The number of ether oxygens (including phenoxy) is 4. The van der Waals surface area contributed by atoms with Gasteiger partial charge < -0.3 is 29.6 Å². The van der Waals surface area contributed by atoms with Crippen LogP contribution in [0.15, 0.2) is 23.0 Å². The monoisotopic (exact) mass is 518 g/mol. The van der Waals surface area contributed by atoms with Crippen LogP contribution in [0.2, 0.25) is 5.02 Å². The number of rotatable bonds is 10. The lowest BCUT2D eigenvalue weighted by atomic mass is 9.95. The first kappa shape index (κ1) is 27.5. The highest BCUT2D eigenvalue weighted by Gasteiger charge is 2.32. The van der Waals surface area contributed by atoms with E-state index < -0.39 is 6.04 Å². The van der Waals surface area contributed by atoms with Crippen molar-refractivity contribution in [2.75, 3.05) is 35.0 Å². The summed E-state index contributed by atoms with van der Waals surface area (Å²) in [6.07, 6.45) is 5.26. The van der Waals surface area contributed by atoms with Crippen LogP contribution in [0, 0.1) is 0 Å². The highest BCUT2D eigenvalue weighted by Crippen LogP contribution is 2.54. The van der Waals surface area contributed by atoms with Crippen molar-refractivity contribution >= 4 is 17.6 Å². The number of hydrogen-bond donors (Lipinski definition) is 2. The van der Waals surface area contributed by atoms with E-state index in [0.29, 0.717) is 58.3 Å². The summed E-state index contributed by atoms with van der Waals surface area (Å²) in [5, 5.41) is 6.39. The molecule has 0 saturated heterocycles. The minimum atomic E-state index is -0.453. The van der Waals surface area contributed by atoms with Crippen molar-refractivity contribution in [3.05, 3.63) is 44.6 Å². The number of unbranched alkanes of at least 4 members (excludes halogenated alkanes) is 3. The number of urea groups is 1. The summed E-state index contributed by atoms with van der Waals surface area (Å²) in [5.74, 6) is 1.35. The minimum Gasteiger partial charge on any atom is -0.493 e. The molecule has 0 spiro atoms. The Kier molecular flexibility index (Phi) is 9.70. The highest BCUT2D eigenvalue weighted by atomic mass is 35.5. The molecule has 2 N–H and O–H groups in total. The number of amides is 2. The first-order valence-corrected chi connectivity index (χ1v) is 12.6. The van der Waals surface area contributed by atoms with Gasteiger partial charge in [-0.15, -0.1) is 0 Å². The molecule has 2 aromatic carbocycles. The van der Waals surface area contributed by atoms with E-state index in [1.54, 1.807) is 19.2 Å². The molecule has 3 rings (SSSR count). The molecule has 0 radical (unpaired) electrons. The largest absolute Gasteiger partial charge is 0.493 e. The Bertz CT molecular complexity index is 1150. The molecule has 1 aliphatic rings. The van der Waals surface area contributed by atoms with Crippen molar-refractivity contribution in [2.45, 2.75) is 51.5 Å². The molecule has 9 heteroatoms. The SMILES string of the molecule is CCCCCCNC(=O)N[C@H]1CCc2c(Cl)c(OC)c(OC)c(OC)c2-c2ccc(OC)c(=O)cc21. The molecule has 2 aromatic rings. The lowest BCUT2D eigenvalue weighted by molar-refractivity contribution is 0.236. The van der Waals surface area contributed by atoms with E-state index in [0.717, 1.165) is 31.2 Å². The molecule has 8 nitrogen and oxygen atoms in total.